The van der Waals surface area contributed by atoms with E-state index in [4.69, 9.17) is 15.0 Å². The van der Waals surface area contributed by atoms with Crippen molar-refractivity contribution in [2.45, 2.75) is 12.8 Å². The summed E-state index contributed by atoms with van der Waals surface area (Å²) in [5, 5.41) is 3.17. The van der Waals surface area contributed by atoms with Crippen LogP contribution < -0.4 is 9.47 Å². The van der Waals surface area contributed by atoms with E-state index in [2.05, 4.69) is 5.11 Å². The Morgan fingerprint density at radius 1 is 1.18 bits per heavy atom. The number of aryl methyl sites for hydroxylation is 1. The third-order valence-corrected chi connectivity index (χ3v) is 3.04. The van der Waals surface area contributed by atoms with Gasteiger partial charge in [0.2, 0.25) is 0 Å². The highest BCUT2D eigenvalue weighted by molar-refractivity contribution is 5.73. The molecule has 0 amide bonds. The standard InChI is InChI=1S/C16H14FN2O3/c1-21-14-7-8-15(19-18)11(10-14)2-9-16(20)22-13-5-3-12(17)4-6-13/h3-8,10H,2,9H2,1H3/q-1. The zero-order valence-corrected chi connectivity index (χ0v) is 12.0. The lowest BCUT2D eigenvalue weighted by atomic mass is 10.1. The molecule has 22 heavy (non-hydrogen) atoms. The average molecular weight is 301 g/mol. The normalized spacial score (nSPS) is 10.1. The van der Waals surface area contributed by atoms with Gasteiger partial charge in [0, 0.05) is 5.69 Å². The highest BCUT2D eigenvalue weighted by Crippen LogP contribution is 2.26. The van der Waals surface area contributed by atoms with Crippen LogP contribution in [0.25, 0.3) is 5.53 Å². The number of ether oxygens (including phenoxy) is 2. The quantitative estimate of drug-likeness (QED) is 0.459. The van der Waals surface area contributed by atoms with Gasteiger partial charge in [-0.2, -0.15) is 0 Å². The maximum Gasteiger partial charge on any atom is 0.311 e. The van der Waals surface area contributed by atoms with Crippen molar-refractivity contribution in [2.75, 3.05) is 7.11 Å². The van der Waals surface area contributed by atoms with Crippen LogP contribution in [-0.4, -0.2) is 13.1 Å². The van der Waals surface area contributed by atoms with E-state index in [0.29, 0.717) is 23.4 Å². The number of carbonyl (C=O) groups is 1. The topological polar surface area (TPSA) is 70.2 Å². The first-order valence-corrected chi connectivity index (χ1v) is 6.60. The van der Waals surface area contributed by atoms with Crippen LogP contribution in [-0.2, 0) is 11.2 Å². The van der Waals surface area contributed by atoms with E-state index in [9.17, 15) is 9.18 Å². The van der Waals surface area contributed by atoms with Crippen molar-refractivity contribution in [1.29, 1.82) is 0 Å². The predicted octanol–water partition coefficient (Wildman–Crippen LogP) is 4.03. The number of halogens is 1. The molecular weight excluding hydrogens is 287 g/mol. The molecule has 0 unspecified atom stereocenters. The van der Waals surface area contributed by atoms with Gasteiger partial charge >= 0.3 is 5.97 Å². The minimum atomic E-state index is -0.460. The highest BCUT2D eigenvalue weighted by Gasteiger charge is 2.09. The largest absolute Gasteiger partial charge is 0.706 e. The summed E-state index contributed by atoms with van der Waals surface area (Å²) in [7, 11) is 1.53. The molecule has 0 spiro atoms. The Balaban J connectivity index is 1.98. The van der Waals surface area contributed by atoms with Gasteiger partial charge in [-0.25, -0.2) is 4.39 Å². The maximum absolute atomic E-state index is 12.8. The lowest BCUT2D eigenvalue weighted by Crippen LogP contribution is -2.09. The van der Waals surface area contributed by atoms with Crippen molar-refractivity contribution >= 4 is 11.7 Å². The van der Waals surface area contributed by atoms with Crippen LogP contribution in [0.2, 0.25) is 0 Å². The molecule has 0 bridgehead atoms. The molecule has 0 saturated carbocycles. The molecule has 0 aliphatic carbocycles. The SMILES string of the molecule is COc1ccc(N=[N-])c(CCC(=O)Oc2ccc(F)cc2)c1. The smallest absolute Gasteiger partial charge is 0.311 e. The van der Waals surface area contributed by atoms with E-state index in [1.54, 1.807) is 18.2 Å². The van der Waals surface area contributed by atoms with E-state index in [1.807, 2.05) is 0 Å². The van der Waals surface area contributed by atoms with Gasteiger partial charge in [0.05, 0.1) is 13.5 Å². The molecule has 0 aliphatic heterocycles. The van der Waals surface area contributed by atoms with Crippen LogP contribution in [0.4, 0.5) is 10.1 Å². The van der Waals surface area contributed by atoms with E-state index in [1.165, 1.54) is 31.4 Å². The van der Waals surface area contributed by atoms with Crippen molar-refractivity contribution in [2.24, 2.45) is 5.11 Å². The summed E-state index contributed by atoms with van der Waals surface area (Å²) in [6.07, 6.45) is 0.420. The van der Waals surface area contributed by atoms with Crippen LogP contribution in [0.3, 0.4) is 0 Å². The Hall–Kier alpha value is -2.76. The Bertz CT molecular complexity index is 672. The molecule has 2 rings (SSSR count). The van der Waals surface area contributed by atoms with E-state index < -0.39 is 11.8 Å². The first-order valence-electron chi connectivity index (χ1n) is 6.60. The number of carbonyl (C=O) groups excluding carboxylic acids is 1. The predicted molar refractivity (Wildman–Crippen MR) is 78.8 cm³/mol. The molecule has 0 aromatic heterocycles. The van der Waals surface area contributed by atoms with Crippen molar-refractivity contribution in [3.05, 3.63) is 59.4 Å². The number of rotatable bonds is 6. The second-order valence-electron chi connectivity index (χ2n) is 4.52. The number of hydrogen-bond acceptors (Lipinski definition) is 4. The molecule has 0 saturated heterocycles. The fourth-order valence-electron chi connectivity index (χ4n) is 1.91. The molecule has 114 valence electrons. The molecule has 0 N–H and O–H groups in total. The summed E-state index contributed by atoms with van der Waals surface area (Å²) < 4.78 is 22.9. The molecule has 2 aromatic rings. The molecule has 6 heteroatoms. The zero-order chi connectivity index (χ0) is 15.9. The van der Waals surface area contributed by atoms with Crippen LogP contribution in [0.15, 0.2) is 47.6 Å². The van der Waals surface area contributed by atoms with Crippen LogP contribution in [0, 0.1) is 5.82 Å². The van der Waals surface area contributed by atoms with Crippen LogP contribution in [0.1, 0.15) is 12.0 Å². The van der Waals surface area contributed by atoms with Gasteiger partial charge in [0.25, 0.3) is 0 Å². The third-order valence-electron chi connectivity index (χ3n) is 3.04. The summed E-state index contributed by atoms with van der Waals surface area (Å²) in [4.78, 5) is 11.8. The Morgan fingerprint density at radius 3 is 2.50 bits per heavy atom. The fourth-order valence-corrected chi connectivity index (χ4v) is 1.91. The minimum absolute atomic E-state index is 0.0903. The number of nitrogens with zero attached hydrogens (tertiary/aromatic N) is 2. The minimum Gasteiger partial charge on any atom is -0.706 e. The molecule has 5 nitrogen and oxygen atoms in total. The number of hydrogen-bond donors (Lipinski definition) is 0. The molecule has 0 radical (unpaired) electrons. The van der Waals surface area contributed by atoms with Gasteiger partial charge in [0.15, 0.2) is 0 Å². The monoisotopic (exact) mass is 301 g/mol. The van der Waals surface area contributed by atoms with Crippen molar-refractivity contribution in [3.63, 3.8) is 0 Å². The lowest BCUT2D eigenvalue weighted by Gasteiger charge is -2.10. The Morgan fingerprint density at radius 2 is 1.86 bits per heavy atom. The second-order valence-corrected chi connectivity index (χ2v) is 4.52. The fraction of sp³-hybridized carbons (Fsp3) is 0.188. The Labute approximate surface area is 127 Å². The van der Waals surface area contributed by atoms with Crippen LogP contribution >= 0.6 is 0 Å². The third kappa shape index (κ3) is 4.12. The first kappa shape index (κ1) is 15.6. The average Bonchev–Trinajstić information content (AvgIpc) is 2.54. The second kappa shape index (κ2) is 7.31. The van der Waals surface area contributed by atoms with Crippen molar-refractivity contribution in [1.82, 2.24) is 0 Å². The number of esters is 1. The van der Waals surface area contributed by atoms with Gasteiger partial charge in [0.1, 0.15) is 17.3 Å². The number of benzene rings is 2. The number of methoxy groups -OCH3 is 1. The zero-order valence-electron chi connectivity index (χ0n) is 12.0. The molecule has 0 fully saturated rings. The lowest BCUT2D eigenvalue weighted by molar-refractivity contribution is -0.134. The van der Waals surface area contributed by atoms with E-state index >= 15 is 0 Å². The molecule has 2 aromatic carbocycles. The van der Waals surface area contributed by atoms with E-state index in [0.717, 1.165) is 0 Å². The molecule has 0 aliphatic rings. The summed E-state index contributed by atoms with van der Waals surface area (Å²) >= 11 is 0. The van der Waals surface area contributed by atoms with Gasteiger partial charge in [-0.3, -0.25) is 4.79 Å². The highest BCUT2D eigenvalue weighted by atomic mass is 19.1. The van der Waals surface area contributed by atoms with Crippen molar-refractivity contribution in [3.8, 4) is 11.5 Å². The van der Waals surface area contributed by atoms with Gasteiger partial charge in [-0.05, 0) is 54.4 Å². The first-order chi connectivity index (χ1) is 10.6. The summed E-state index contributed by atoms with van der Waals surface area (Å²) in [5.41, 5.74) is 9.98. The molecule has 0 heterocycles. The van der Waals surface area contributed by atoms with Gasteiger partial charge in [-0.1, -0.05) is 0 Å². The maximum atomic E-state index is 12.8. The molecule has 0 atom stereocenters. The summed E-state index contributed by atoms with van der Waals surface area (Å²) in [5.74, 6) is 0.0297. The molecular formula is C16H14FN2O3-. The van der Waals surface area contributed by atoms with Crippen LogP contribution in [0.5, 0.6) is 11.5 Å². The van der Waals surface area contributed by atoms with Gasteiger partial charge in [-0.15, -0.1) is 0 Å². The van der Waals surface area contributed by atoms with E-state index in [-0.39, 0.29) is 12.2 Å². The van der Waals surface area contributed by atoms with Gasteiger partial charge < -0.3 is 20.1 Å². The Kier molecular flexibility index (Phi) is 5.19. The summed E-state index contributed by atoms with van der Waals surface area (Å²) in [6.45, 7) is 0. The summed E-state index contributed by atoms with van der Waals surface area (Å²) in [6, 6.07) is 10.1. The van der Waals surface area contributed by atoms with Crippen molar-refractivity contribution < 1.29 is 18.7 Å².